The molecule has 5 heteroatoms. The van der Waals surface area contributed by atoms with Crippen LogP contribution in [-0.4, -0.2) is 0 Å². The van der Waals surface area contributed by atoms with Crippen LogP contribution >= 0.6 is 18.0 Å². The number of nitrogens with two attached hydrogens (primary N) is 2. The predicted molar refractivity (Wildman–Crippen MR) is 62.2 cm³/mol. The van der Waals surface area contributed by atoms with Gasteiger partial charge in [-0.1, -0.05) is 18.2 Å². The highest BCUT2D eigenvalue weighted by molar-refractivity contribution is 8.56. The van der Waals surface area contributed by atoms with Gasteiger partial charge in [0.2, 0.25) is 0 Å². The number of rotatable bonds is 4. The van der Waals surface area contributed by atoms with Gasteiger partial charge in [-0.05, 0) is 35.5 Å². The van der Waals surface area contributed by atoms with Crippen LogP contribution in [0.2, 0.25) is 0 Å². The van der Waals surface area contributed by atoms with Gasteiger partial charge in [0.15, 0.2) is 0 Å². The van der Waals surface area contributed by atoms with E-state index < -0.39 is 6.65 Å². The van der Waals surface area contributed by atoms with Crippen molar-refractivity contribution in [2.24, 2.45) is 11.0 Å². The molecule has 0 saturated carbocycles. The zero-order valence-electron chi connectivity index (χ0n) is 7.72. The molecule has 0 radical (unpaired) electrons. The van der Waals surface area contributed by atoms with Gasteiger partial charge in [0.05, 0.1) is 0 Å². The Kier molecular flexibility index (Phi) is 3.96. The van der Waals surface area contributed by atoms with E-state index in [4.69, 9.17) is 11.0 Å². The third-order valence-corrected chi connectivity index (χ3v) is 3.81. The molecule has 76 valence electrons. The van der Waals surface area contributed by atoms with E-state index in [1.54, 1.807) is 0 Å². The van der Waals surface area contributed by atoms with E-state index in [-0.39, 0.29) is 0 Å². The molecule has 1 aromatic rings. The van der Waals surface area contributed by atoms with Crippen molar-refractivity contribution in [1.29, 1.82) is 0 Å². The molecule has 0 spiro atoms. The van der Waals surface area contributed by atoms with Gasteiger partial charge >= 0.3 is 0 Å². The Balaban J connectivity index is 2.73. The molecule has 0 aliphatic rings. The SMILES string of the molecule is C=CCc1ccc(SP(N)(N)=O)cc1. The molecule has 0 unspecified atom stereocenters. The summed E-state index contributed by atoms with van der Waals surface area (Å²) in [6.45, 7) is 0.626. The third-order valence-electron chi connectivity index (χ3n) is 1.55. The Morgan fingerprint density at radius 2 is 1.93 bits per heavy atom. The topological polar surface area (TPSA) is 69.1 Å². The first-order valence-corrected chi connectivity index (χ1v) is 7.34. The highest BCUT2D eigenvalue weighted by Crippen LogP contribution is 2.47. The van der Waals surface area contributed by atoms with Gasteiger partial charge in [0.1, 0.15) is 0 Å². The first kappa shape index (κ1) is 11.5. The monoisotopic (exact) mass is 228 g/mol. The predicted octanol–water partition coefficient (Wildman–Crippen LogP) is 2.53. The van der Waals surface area contributed by atoms with E-state index in [0.29, 0.717) is 0 Å². The van der Waals surface area contributed by atoms with Crippen LogP contribution in [0.5, 0.6) is 0 Å². The number of allylic oxidation sites excluding steroid dienone is 1. The molecular weight excluding hydrogens is 215 g/mol. The number of hydrogen-bond acceptors (Lipinski definition) is 2. The van der Waals surface area contributed by atoms with Crippen LogP contribution in [-0.2, 0) is 11.0 Å². The summed E-state index contributed by atoms with van der Waals surface area (Å²) in [5.74, 6) is 0. The van der Waals surface area contributed by atoms with Gasteiger partial charge < -0.3 is 0 Å². The molecule has 0 bridgehead atoms. The normalized spacial score (nSPS) is 11.3. The largest absolute Gasteiger partial charge is 0.277 e. The molecule has 14 heavy (non-hydrogen) atoms. The van der Waals surface area contributed by atoms with Crippen LogP contribution in [0, 0.1) is 0 Å². The van der Waals surface area contributed by atoms with E-state index >= 15 is 0 Å². The summed E-state index contributed by atoms with van der Waals surface area (Å²) in [5.41, 5.74) is 11.6. The van der Waals surface area contributed by atoms with Gasteiger partial charge in [-0.2, -0.15) is 0 Å². The quantitative estimate of drug-likeness (QED) is 0.613. The van der Waals surface area contributed by atoms with E-state index in [1.807, 2.05) is 30.3 Å². The smallest absolute Gasteiger partial charge is 0.265 e. The first-order valence-electron chi connectivity index (χ1n) is 4.08. The zero-order valence-corrected chi connectivity index (χ0v) is 9.43. The number of benzene rings is 1. The molecule has 0 heterocycles. The van der Waals surface area contributed by atoms with Crippen molar-refractivity contribution in [3.05, 3.63) is 42.5 Å². The Bertz CT molecular complexity index is 358. The summed E-state index contributed by atoms with van der Waals surface area (Å²) < 4.78 is 11.1. The van der Waals surface area contributed by atoms with Gasteiger partial charge in [0.25, 0.3) is 6.65 Å². The second-order valence-electron chi connectivity index (χ2n) is 2.87. The standard InChI is InChI=1S/C9H13N2OPS/c1-2-3-8-4-6-9(7-5-8)14-13(10,11)12/h2,4-7H,1,3H2,(H4,10,11,12). The van der Waals surface area contributed by atoms with Crippen molar-refractivity contribution in [3.8, 4) is 0 Å². The molecule has 0 aliphatic carbocycles. The zero-order chi connectivity index (χ0) is 10.6. The summed E-state index contributed by atoms with van der Waals surface area (Å²) >= 11 is 1.01. The summed E-state index contributed by atoms with van der Waals surface area (Å²) in [6, 6.07) is 7.60. The van der Waals surface area contributed by atoms with Gasteiger partial charge in [0, 0.05) is 4.90 Å². The number of hydrogen-bond donors (Lipinski definition) is 2. The van der Waals surface area contributed by atoms with Crippen molar-refractivity contribution < 1.29 is 4.57 Å². The van der Waals surface area contributed by atoms with Crippen LogP contribution in [0.25, 0.3) is 0 Å². The Hall–Kier alpha value is -0.540. The second kappa shape index (κ2) is 4.80. The molecule has 0 atom stereocenters. The molecule has 0 aromatic heterocycles. The Morgan fingerprint density at radius 1 is 1.36 bits per heavy atom. The highest BCUT2D eigenvalue weighted by atomic mass is 32.7. The van der Waals surface area contributed by atoms with E-state index in [0.717, 1.165) is 28.3 Å². The summed E-state index contributed by atoms with van der Waals surface area (Å²) in [7, 11) is 0. The minimum atomic E-state index is -3.02. The summed E-state index contributed by atoms with van der Waals surface area (Å²) in [4.78, 5) is 0.825. The van der Waals surface area contributed by atoms with Crippen LogP contribution < -0.4 is 11.0 Å². The fourth-order valence-corrected chi connectivity index (χ4v) is 2.96. The maximum atomic E-state index is 11.1. The maximum Gasteiger partial charge on any atom is 0.265 e. The second-order valence-corrected chi connectivity index (χ2v) is 7.08. The summed E-state index contributed by atoms with van der Waals surface area (Å²) in [5, 5.41) is 0. The van der Waals surface area contributed by atoms with Crippen molar-refractivity contribution in [1.82, 2.24) is 0 Å². The first-order chi connectivity index (χ1) is 6.51. The van der Waals surface area contributed by atoms with Crippen LogP contribution in [0.15, 0.2) is 41.8 Å². The van der Waals surface area contributed by atoms with Crippen LogP contribution in [0.4, 0.5) is 0 Å². The lowest BCUT2D eigenvalue weighted by Gasteiger charge is -2.05. The lowest BCUT2D eigenvalue weighted by Crippen LogP contribution is -1.99. The van der Waals surface area contributed by atoms with Crippen molar-refractivity contribution in [3.63, 3.8) is 0 Å². The van der Waals surface area contributed by atoms with Gasteiger partial charge in [-0.3, -0.25) is 15.6 Å². The van der Waals surface area contributed by atoms with Crippen LogP contribution in [0.1, 0.15) is 5.56 Å². The Labute approximate surface area is 87.8 Å². The minimum absolute atomic E-state index is 0.825. The summed E-state index contributed by atoms with van der Waals surface area (Å²) in [6.07, 6.45) is 2.66. The lowest BCUT2D eigenvalue weighted by molar-refractivity contribution is 0.587. The van der Waals surface area contributed by atoms with E-state index in [2.05, 4.69) is 6.58 Å². The molecule has 0 amide bonds. The lowest BCUT2D eigenvalue weighted by atomic mass is 10.2. The van der Waals surface area contributed by atoms with Crippen molar-refractivity contribution >= 4 is 18.0 Å². The molecule has 3 nitrogen and oxygen atoms in total. The van der Waals surface area contributed by atoms with Gasteiger partial charge in [-0.15, -0.1) is 6.58 Å². The molecule has 0 saturated heterocycles. The maximum absolute atomic E-state index is 11.1. The highest BCUT2D eigenvalue weighted by Gasteiger charge is 2.09. The molecular formula is C9H13N2OPS. The molecule has 1 rings (SSSR count). The molecule has 0 fully saturated rings. The average molecular weight is 228 g/mol. The molecule has 0 aliphatic heterocycles. The van der Waals surface area contributed by atoms with E-state index in [1.165, 1.54) is 0 Å². The van der Waals surface area contributed by atoms with Crippen LogP contribution in [0.3, 0.4) is 0 Å². The molecule has 1 aromatic carbocycles. The third kappa shape index (κ3) is 4.11. The van der Waals surface area contributed by atoms with Crippen molar-refractivity contribution in [2.75, 3.05) is 0 Å². The molecule has 4 N–H and O–H groups in total. The minimum Gasteiger partial charge on any atom is -0.277 e. The van der Waals surface area contributed by atoms with E-state index in [9.17, 15) is 4.57 Å². The van der Waals surface area contributed by atoms with Crippen molar-refractivity contribution in [2.45, 2.75) is 11.3 Å². The fourth-order valence-electron chi connectivity index (χ4n) is 1.02. The fraction of sp³-hybridized carbons (Fsp3) is 0.111. The average Bonchev–Trinajstić information content (AvgIpc) is 2.06. The Morgan fingerprint density at radius 3 is 2.36 bits per heavy atom. The van der Waals surface area contributed by atoms with Gasteiger partial charge in [-0.25, -0.2) is 0 Å².